The van der Waals surface area contributed by atoms with Crippen molar-refractivity contribution in [3.05, 3.63) is 77.1 Å². The van der Waals surface area contributed by atoms with Gasteiger partial charge in [-0.1, -0.05) is 48.0 Å². The van der Waals surface area contributed by atoms with Crippen LogP contribution in [0.1, 0.15) is 17.3 Å². The van der Waals surface area contributed by atoms with Crippen LogP contribution < -0.4 is 5.32 Å². The molecule has 25 heavy (non-hydrogen) atoms. The summed E-state index contributed by atoms with van der Waals surface area (Å²) in [6.07, 6.45) is 1.79. The van der Waals surface area contributed by atoms with Crippen LogP contribution in [-0.4, -0.2) is 40.5 Å². The van der Waals surface area contributed by atoms with Crippen LogP contribution in [0.3, 0.4) is 0 Å². The highest BCUT2D eigenvalue weighted by molar-refractivity contribution is 6.31. The van der Waals surface area contributed by atoms with Crippen LogP contribution in [0.15, 0.2) is 60.8 Å². The second-order valence-corrected chi connectivity index (χ2v) is 6.50. The molecule has 1 heterocycles. The van der Waals surface area contributed by atoms with E-state index in [-0.39, 0.29) is 6.04 Å². The van der Waals surface area contributed by atoms with E-state index in [0.717, 1.165) is 28.5 Å². The molecule has 1 unspecified atom stereocenters. The Bertz CT molecular complexity index is 800. The number of aromatic nitrogens is 3. The normalized spacial score (nSPS) is 12.5. The molecule has 0 bridgehead atoms. The Labute approximate surface area is 153 Å². The van der Waals surface area contributed by atoms with Gasteiger partial charge in [0.2, 0.25) is 0 Å². The predicted molar refractivity (Wildman–Crippen MR) is 101 cm³/mol. The largest absolute Gasteiger partial charge is 0.309 e. The highest BCUT2D eigenvalue weighted by atomic mass is 35.5. The van der Waals surface area contributed by atoms with Gasteiger partial charge in [-0.3, -0.25) is 0 Å². The van der Waals surface area contributed by atoms with Crippen molar-refractivity contribution >= 4 is 11.6 Å². The molecular weight excluding hydrogens is 334 g/mol. The summed E-state index contributed by atoms with van der Waals surface area (Å²) >= 11 is 6.35. The number of rotatable bonds is 7. The van der Waals surface area contributed by atoms with Crippen LogP contribution in [0.5, 0.6) is 0 Å². The summed E-state index contributed by atoms with van der Waals surface area (Å²) in [5.41, 5.74) is 2.98. The predicted octanol–water partition coefficient (Wildman–Crippen LogP) is 3.31. The molecule has 0 saturated carbocycles. The quantitative estimate of drug-likeness (QED) is 0.706. The van der Waals surface area contributed by atoms with Crippen LogP contribution in [0.2, 0.25) is 5.02 Å². The molecule has 1 N–H and O–H groups in total. The SMILES string of the molecule is CN(C)C(CNCc1cnn(-c2ccccc2)n1)c1ccccc1Cl. The van der Waals surface area contributed by atoms with E-state index in [2.05, 4.69) is 40.6 Å². The average Bonchev–Trinajstić information content (AvgIpc) is 3.09. The summed E-state index contributed by atoms with van der Waals surface area (Å²) in [5.74, 6) is 0. The van der Waals surface area contributed by atoms with E-state index in [9.17, 15) is 0 Å². The first-order valence-electron chi connectivity index (χ1n) is 8.23. The lowest BCUT2D eigenvalue weighted by Crippen LogP contribution is -2.31. The van der Waals surface area contributed by atoms with Gasteiger partial charge in [-0.2, -0.15) is 15.0 Å². The topological polar surface area (TPSA) is 46.0 Å². The van der Waals surface area contributed by atoms with Gasteiger partial charge in [0, 0.05) is 24.2 Å². The number of halogens is 1. The fraction of sp³-hybridized carbons (Fsp3) is 0.263. The number of hydrogen-bond donors (Lipinski definition) is 1. The monoisotopic (exact) mass is 355 g/mol. The highest BCUT2D eigenvalue weighted by Crippen LogP contribution is 2.25. The summed E-state index contributed by atoms with van der Waals surface area (Å²) in [6, 6.07) is 18.1. The molecule has 6 heteroatoms. The Morgan fingerprint density at radius 1 is 1.08 bits per heavy atom. The summed E-state index contributed by atoms with van der Waals surface area (Å²) in [7, 11) is 4.11. The molecule has 0 fully saturated rings. The maximum Gasteiger partial charge on any atom is 0.0969 e. The maximum atomic E-state index is 6.35. The Morgan fingerprint density at radius 2 is 1.80 bits per heavy atom. The first kappa shape index (κ1) is 17.6. The van der Waals surface area contributed by atoms with Crippen molar-refractivity contribution in [3.8, 4) is 5.69 Å². The maximum absolute atomic E-state index is 6.35. The molecule has 0 saturated heterocycles. The molecule has 1 atom stereocenters. The van der Waals surface area contributed by atoms with Gasteiger partial charge in [-0.15, -0.1) is 0 Å². The third-order valence-corrected chi connectivity index (χ3v) is 4.40. The second kappa shape index (κ2) is 8.25. The van der Waals surface area contributed by atoms with Gasteiger partial charge in [0.05, 0.1) is 17.6 Å². The Hall–Kier alpha value is -2.21. The Kier molecular flexibility index (Phi) is 5.81. The van der Waals surface area contributed by atoms with Crippen molar-refractivity contribution in [2.24, 2.45) is 0 Å². The van der Waals surface area contributed by atoms with Crippen molar-refractivity contribution in [1.82, 2.24) is 25.2 Å². The number of para-hydroxylation sites is 1. The van der Waals surface area contributed by atoms with Crippen LogP contribution in [0.25, 0.3) is 5.69 Å². The lowest BCUT2D eigenvalue weighted by atomic mass is 10.1. The van der Waals surface area contributed by atoms with Gasteiger partial charge in [-0.05, 0) is 37.9 Å². The standard InChI is InChI=1S/C19H22ClN5/c1-24(2)19(17-10-6-7-11-18(17)20)14-21-12-15-13-22-25(23-15)16-8-4-3-5-9-16/h3-11,13,19,21H,12,14H2,1-2H3. The van der Waals surface area contributed by atoms with E-state index in [0.29, 0.717) is 6.54 Å². The molecule has 5 nitrogen and oxygen atoms in total. The fourth-order valence-corrected chi connectivity index (χ4v) is 2.98. The summed E-state index contributed by atoms with van der Waals surface area (Å²) in [4.78, 5) is 3.81. The zero-order valence-electron chi connectivity index (χ0n) is 14.4. The Morgan fingerprint density at radius 3 is 2.52 bits per heavy atom. The molecule has 130 valence electrons. The van der Waals surface area contributed by atoms with Gasteiger partial charge in [-0.25, -0.2) is 0 Å². The molecule has 0 radical (unpaired) electrons. The molecule has 0 aliphatic heterocycles. The minimum atomic E-state index is 0.192. The molecule has 3 rings (SSSR count). The van der Waals surface area contributed by atoms with Crippen molar-refractivity contribution in [2.75, 3.05) is 20.6 Å². The van der Waals surface area contributed by atoms with Crippen molar-refractivity contribution in [3.63, 3.8) is 0 Å². The van der Waals surface area contributed by atoms with E-state index in [4.69, 9.17) is 11.6 Å². The first-order chi connectivity index (χ1) is 12.1. The molecule has 3 aromatic rings. The molecular formula is C19H22ClN5. The zero-order valence-corrected chi connectivity index (χ0v) is 15.2. The molecule has 2 aromatic carbocycles. The number of nitrogens with one attached hydrogen (secondary N) is 1. The van der Waals surface area contributed by atoms with Crippen LogP contribution in [0, 0.1) is 0 Å². The van der Waals surface area contributed by atoms with Gasteiger partial charge >= 0.3 is 0 Å². The van der Waals surface area contributed by atoms with E-state index < -0.39 is 0 Å². The first-order valence-corrected chi connectivity index (χ1v) is 8.61. The highest BCUT2D eigenvalue weighted by Gasteiger charge is 2.16. The smallest absolute Gasteiger partial charge is 0.0969 e. The van der Waals surface area contributed by atoms with E-state index in [1.165, 1.54) is 0 Å². The third-order valence-electron chi connectivity index (χ3n) is 4.06. The minimum absolute atomic E-state index is 0.192. The summed E-state index contributed by atoms with van der Waals surface area (Å²) < 4.78 is 0. The molecule has 0 spiro atoms. The van der Waals surface area contributed by atoms with E-state index >= 15 is 0 Å². The van der Waals surface area contributed by atoms with Crippen molar-refractivity contribution in [1.29, 1.82) is 0 Å². The van der Waals surface area contributed by atoms with Crippen molar-refractivity contribution in [2.45, 2.75) is 12.6 Å². The van der Waals surface area contributed by atoms with E-state index in [1.54, 1.807) is 11.0 Å². The zero-order chi connectivity index (χ0) is 17.6. The van der Waals surface area contributed by atoms with Gasteiger partial charge < -0.3 is 10.2 Å². The average molecular weight is 356 g/mol. The molecule has 0 amide bonds. The summed E-state index contributed by atoms with van der Waals surface area (Å²) in [5, 5.41) is 13.1. The summed E-state index contributed by atoms with van der Waals surface area (Å²) in [6.45, 7) is 1.43. The van der Waals surface area contributed by atoms with E-state index in [1.807, 2.05) is 48.5 Å². The minimum Gasteiger partial charge on any atom is -0.309 e. The van der Waals surface area contributed by atoms with Crippen molar-refractivity contribution < 1.29 is 0 Å². The van der Waals surface area contributed by atoms with Crippen LogP contribution >= 0.6 is 11.6 Å². The molecule has 0 aliphatic rings. The number of nitrogens with zero attached hydrogens (tertiary/aromatic N) is 4. The number of hydrogen-bond acceptors (Lipinski definition) is 4. The van der Waals surface area contributed by atoms with Gasteiger partial charge in [0.15, 0.2) is 0 Å². The molecule has 0 aliphatic carbocycles. The van der Waals surface area contributed by atoms with Gasteiger partial charge in [0.1, 0.15) is 0 Å². The van der Waals surface area contributed by atoms with Gasteiger partial charge in [0.25, 0.3) is 0 Å². The third kappa shape index (κ3) is 4.45. The lowest BCUT2D eigenvalue weighted by Gasteiger charge is -2.25. The van der Waals surface area contributed by atoms with Crippen LogP contribution in [-0.2, 0) is 6.54 Å². The number of benzene rings is 2. The number of likely N-dealkylation sites (N-methyl/N-ethyl adjacent to an activating group) is 1. The fourth-order valence-electron chi connectivity index (χ4n) is 2.71. The molecule has 1 aromatic heterocycles. The Balaban J connectivity index is 1.62. The second-order valence-electron chi connectivity index (χ2n) is 6.09. The lowest BCUT2D eigenvalue weighted by molar-refractivity contribution is 0.288. The van der Waals surface area contributed by atoms with Crippen LogP contribution in [0.4, 0.5) is 0 Å².